The Morgan fingerprint density at radius 3 is 2.50 bits per heavy atom. The van der Waals surface area contributed by atoms with Crippen LogP contribution in [0.25, 0.3) is 5.69 Å². The van der Waals surface area contributed by atoms with Gasteiger partial charge in [-0.3, -0.25) is 0 Å². The monoisotopic (exact) mass is 412 g/mol. The number of methoxy groups -OCH3 is 2. The van der Waals surface area contributed by atoms with Gasteiger partial charge in [0.25, 0.3) is 0 Å². The number of amides is 2. The lowest BCUT2D eigenvalue weighted by molar-refractivity contribution is 0.159. The number of aliphatic hydroxyl groups excluding tert-OH is 1. The molecule has 1 aromatic heterocycles. The van der Waals surface area contributed by atoms with E-state index in [1.807, 2.05) is 12.1 Å². The Morgan fingerprint density at radius 1 is 1.20 bits per heavy atom. The molecule has 0 aliphatic rings. The number of ether oxygens (including phenoxy) is 2. The molecule has 1 heterocycles. The van der Waals surface area contributed by atoms with Crippen LogP contribution in [0.1, 0.15) is 17.4 Å². The van der Waals surface area contributed by atoms with E-state index < -0.39 is 6.04 Å². The number of hydrogen-bond donors (Lipinski definition) is 2. The van der Waals surface area contributed by atoms with Crippen LogP contribution >= 0.6 is 0 Å². The number of aromatic nitrogens is 4. The summed E-state index contributed by atoms with van der Waals surface area (Å²) in [4.78, 5) is 14.3. The van der Waals surface area contributed by atoms with E-state index in [2.05, 4.69) is 20.8 Å². The van der Waals surface area contributed by atoms with Crippen molar-refractivity contribution in [2.24, 2.45) is 0 Å². The average molecular weight is 412 g/mol. The van der Waals surface area contributed by atoms with Gasteiger partial charge in [0.15, 0.2) is 5.82 Å². The Morgan fingerprint density at radius 2 is 1.93 bits per heavy atom. The lowest BCUT2D eigenvalue weighted by Crippen LogP contribution is -2.36. The first-order valence-corrected chi connectivity index (χ1v) is 9.20. The third kappa shape index (κ3) is 4.33. The molecule has 3 aromatic rings. The highest BCUT2D eigenvalue weighted by atomic mass is 16.5. The summed E-state index contributed by atoms with van der Waals surface area (Å²) in [6.07, 6.45) is 0. The first-order chi connectivity index (χ1) is 14.5. The normalized spacial score (nSPS) is 11.6. The topological polar surface area (TPSA) is 115 Å². The van der Waals surface area contributed by atoms with Crippen molar-refractivity contribution in [1.29, 1.82) is 0 Å². The van der Waals surface area contributed by atoms with Gasteiger partial charge in [-0.15, -0.1) is 5.10 Å². The molecule has 0 spiro atoms. The van der Waals surface area contributed by atoms with Crippen molar-refractivity contribution in [2.75, 3.05) is 33.2 Å². The summed E-state index contributed by atoms with van der Waals surface area (Å²) in [7, 11) is 4.75. The van der Waals surface area contributed by atoms with E-state index in [1.165, 1.54) is 9.58 Å². The van der Waals surface area contributed by atoms with Gasteiger partial charge in [-0.25, -0.2) is 4.79 Å². The van der Waals surface area contributed by atoms with Gasteiger partial charge in [-0.05, 0) is 53.2 Å². The van der Waals surface area contributed by atoms with Crippen LogP contribution in [0.2, 0.25) is 0 Å². The molecule has 10 heteroatoms. The Hall–Kier alpha value is -3.66. The Kier molecular flexibility index (Phi) is 6.48. The Labute approximate surface area is 174 Å². The number of likely N-dealkylation sites (N-methyl/N-ethyl adjacent to an activating group) is 1. The zero-order chi connectivity index (χ0) is 21.7. The minimum atomic E-state index is -0.518. The molecule has 1 atom stereocenters. The molecule has 1 unspecified atom stereocenters. The number of carbonyl (C=O) groups excluding carboxylic acids is 1. The van der Waals surface area contributed by atoms with E-state index in [1.54, 1.807) is 58.5 Å². The molecule has 0 fully saturated rings. The summed E-state index contributed by atoms with van der Waals surface area (Å²) in [6, 6.07) is 11.5. The molecule has 10 nitrogen and oxygen atoms in total. The van der Waals surface area contributed by atoms with Gasteiger partial charge in [-0.1, -0.05) is 12.1 Å². The number of nitrogens with zero attached hydrogens (tertiary/aromatic N) is 5. The highest BCUT2D eigenvalue weighted by molar-refractivity contribution is 5.90. The van der Waals surface area contributed by atoms with Gasteiger partial charge in [0, 0.05) is 12.7 Å². The summed E-state index contributed by atoms with van der Waals surface area (Å²) in [5.74, 6) is 1.84. The van der Waals surface area contributed by atoms with E-state index in [-0.39, 0.29) is 12.6 Å². The lowest BCUT2D eigenvalue weighted by Gasteiger charge is -2.27. The lowest BCUT2D eigenvalue weighted by atomic mass is 10.1. The van der Waals surface area contributed by atoms with Crippen molar-refractivity contribution in [2.45, 2.75) is 13.0 Å². The fraction of sp³-hybridized carbons (Fsp3) is 0.300. The SMILES string of the molecule is COc1ccc(C(CO)N(C)C(=O)Nc2ccc(OC)c(-n3nnnc3C)c2)cc1. The molecule has 2 N–H and O–H groups in total. The van der Waals surface area contributed by atoms with Crippen molar-refractivity contribution in [3.8, 4) is 17.2 Å². The third-order valence-electron chi connectivity index (χ3n) is 4.75. The van der Waals surface area contributed by atoms with Crippen LogP contribution in [0, 0.1) is 6.92 Å². The van der Waals surface area contributed by atoms with Gasteiger partial charge in [0.1, 0.15) is 17.2 Å². The maximum absolute atomic E-state index is 12.8. The van der Waals surface area contributed by atoms with Crippen molar-refractivity contribution in [3.63, 3.8) is 0 Å². The number of benzene rings is 2. The number of anilines is 1. The minimum absolute atomic E-state index is 0.228. The number of urea groups is 1. The van der Waals surface area contributed by atoms with E-state index in [4.69, 9.17) is 9.47 Å². The number of nitrogens with one attached hydrogen (secondary N) is 1. The summed E-state index contributed by atoms with van der Waals surface area (Å²) in [5, 5.41) is 24.2. The first-order valence-electron chi connectivity index (χ1n) is 9.20. The van der Waals surface area contributed by atoms with E-state index in [0.29, 0.717) is 28.7 Å². The largest absolute Gasteiger partial charge is 0.497 e. The number of rotatable bonds is 7. The number of tetrazole rings is 1. The molecular formula is C20H24N6O4. The molecular weight excluding hydrogens is 388 g/mol. The first kappa shape index (κ1) is 21.1. The standard InChI is InChI=1S/C20H24N6O4/c1-13-22-23-24-26(13)17-11-15(7-10-19(17)30-4)21-20(28)25(2)18(12-27)14-5-8-16(29-3)9-6-14/h5-11,18,27H,12H2,1-4H3,(H,21,28). The maximum Gasteiger partial charge on any atom is 0.322 e. The van der Waals surface area contributed by atoms with Crippen LogP contribution in [0.5, 0.6) is 11.5 Å². The molecule has 0 saturated carbocycles. The van der Waals surface area contributed by atoms with Crippen LogP contribution in [0.3, 0.4) is 0 Å². The van der Waals surface area contributed by atoms with Crippen molar-refractivity contribution in [1.82, 2.24) is 25.1 Å². The summed E-state index contributed by atoms with van der Waals surface area (Å²) < 4.78 is 12.1. The Bertz CT molecular complexity index is 1000. The smallest absolute Gasteiger partial charge is 0.322 e. The van der Waals surface area contributed by atoms with E-state index in [9.17, 15) is 9.90 Å². The molecule has 30 heavy (non-hydrogen) atoms. The van der Waals surface area contributed by atoms with Crippen LogP contribution < -0.4 is 14.8 Å². The summed E-state index contributed by atoms with van der Waals surface area (Å²) >= 11 is 0. The van der Waals surface area contributed by atoms with Crippen molar-refractivity contribution in [3.05, 3.63) is 53.9 Å². The van der Waals surface area contributed by atoms with Gasteiger partial charge >= 0.3 is 6.03 Å². The summed E-state index contributed by atoms with van der Waals surface area (Å²) in [5.41, 5.74) is 1.91. The van der Waals surface area contributed by atoms with Gasteiger partial charge in [0.05, 0.1) is 26.9 Å². The molecule has 0 aliphatic heterocycles. The molecule has 2 aromatic carbocycles. The molecule has 158 valence electrons. The predicted octanol–water partition coefficient (Wildman–Crippen LogP) is 2.19. The highest BCUT2D eigenvalue weighted by Crippen LogP contribution is 2.27. The minimum Gasteiger partial charge on any atom is -0.497 e. The van der Waals surface area contributed by atoms with Crippen LogP contribution in [0.15, 0.2) is 42.5 Å². The van der Waals surface area contributed by atoms with Gasteiger partial charge < -0.3 is 24.8 Å². The van der Waals surface area contributed by atoms with Gasteiger partial charge in [-0.2, -0.15) is 4.68 Å². The van der Waals surface area contributed by atoms with Crippen LogP contribution in [-0.4, -0.2) is 64.1 Å². The fourth-order valence-corrected chi connectivity index (χ4v) is 3.02. The van der Waals surface area contributed by atoms with Crippen LogP contribution in [0.4, 0.5) is 10.5 Å². The molecule has 0 aliphatic carbocycles. The summed E-state index contributed by atoms with van der Waals surface area (Å²) in [6.45, 7) is 1.53. The quantitative estimate of drug-likeness (QED) is 0.611. The Balaban J connectivity index is 1.81. The van der Waals surface area contributed by atoms with Crippen molar-refractivity contribution >= 4 is 11.7 Å². The molecule has 3 rings (SSSR count). The fourth-order valence-electron chi connectivity index (χ4n) is 3.02. The third-order valence-corrected chi connectivity index (χ3v) is 4.75. The molecule has 0 bridgehead atoms. The highest BCUT2D eigenvalue weighted by Gasteiger charge is 2.22. The number of aliphatic hydroxyl groups is 1. The number of carbonyl (C=O) groups is 1. The second-order valence-corrected chi connectivity index (χ2v) is 6.54. The van der Waals surface area contributed by atoms with Crippen LogP contribution in [-0.2, 0) is 0 Å². The predicted molar refractivity (Wildman–Crippen MR) is 110 cm³/mol. The second-order valence-electron chi connectivity index (χ2n) is 6.54. The van der Waals surface area contributed by atoms with Crippen molar-refractivity contribution < 1.29 is 19.4 Å². The zero-order valence-electron chi connectivity index (χ0n) is 17.2. The van der Waals surface area contributed by atoms with Gasteiger partial charge in [0.2, 0.25) is 0 Å². The number of hydrogen-bond acceptors (Lipinski definition) is 7. The average Bonchev–Trinajstić information content (AvgIpc) is 3.20. The molecule has 0 saturated heterocycles. The zero-order valence-corrected chi connectivity index (χ0v) is 17.2. The van der Waals surface area contributed by atoms with E-state index in [0.717, 1.165) is 5.56 Å². The molecule has 0 radical (unpaired) electrons. The number of aryl methyl sites for hydroxylation is 1. The second kappa shape index (κ2) is 9.23. The molecule has 2 amide bonds. The van der Waals surface area contributed by atoms with E-state index >= 15 is 0 Å². The maximum atomic E-state index is 12.8.